The van der Waals surface area contributed by atoms with Crippen LogP contribution in [0.3, 0.4) is 0 Å². The Morgan fingerprint density at radius 2 is 2.08 bits per heavy atom. The maximum atomic E-state index is 12.7. The molecule has 0 saturated carbocycles. The van der Waals surface area contributed by atoms with Crippen LogP contribution in [0.15, 0.2) is 53.2 Å². The largest absolute Gasteiger partial charge is 0.324 e. The predicted molar refractivity (Wildman–Crippen MR) is 106 cm³/mol. The standard InChI is InChI=1S/C20H17N3OS2/c21-12-14-4-1-2-5-16(14)22-19(24)13-23-9-7-17-15(8-11-26-17)20(23)18-6-3-10-25-18/h1-6,8,10-11,20H,7,9,13H2,(H,22,24). The zero-order valence-electron chi connectivity index (χ0n) is 14.0. The van der Waals surface area contributed by atoms with Crippen LogP contribution in [0.25, 0.3) is 0 Å². The molecule has 1 N–H and O–H groups in total. The van der Waals surface area contributed by atoms with Gasteiger partial charge in [0.15, 0.2) is 0 Å². The van der Waals surface area contributed by atoms with E-state index in [4.69, 9.17) is 0 Å². The number of carbonyl (C=O) groups excluding carboxylic acids is 1. The van der Waals surface area contributed by atoms with Crippen LogP contribution in [-0.2, 0) is 11.2 Å². The lowest BCUT2D eigenvalue weighted by Gasteiger charge is -2.34. The number of para-hydroxylation sites is 1. The first-order chi connectivity index (χ1) is 12.8. The van der Waals surface area contributed by atoms with Crippen molar-refractivity contribution in [3.63, 3.8) is 0 Å². The van der Waals surface area contributed by atoms with E-state index in [1.54, 1.807) is 40.9 Å². The molecule has 4 nitrogen and oxygen atoms in total. The van der Waals surface area contributed by atoms with E-state index in [-0.39, 0.29) is 11.9 Å². The first kappa shape index (κ1) is 17.0. The minimum absolute atomic E-state index is 0.0899. The predicted octanol–water partition coefficient (Wildman–Crippen LogP) is 4.27. The molecule has 6 heteroatoms. The number of nitrogens with zero attached hydrogens (tertiary/aromatic N) is 2. The van der Waals surface area contributed by atoms with E-state index in [0.29, 0.717) is 17.8 Å². The van der Waals surface area contributed by atoms with Gasteiger partial charge in [-0.25, -0.2) is 0 Å². The van der Waals surface area contributed by atoms with Gasteiger partial charge in [0.25, 0.3) is 0 Å². The molecule has 0 spiro atoms. The number of carbonyl (C=O) groups is 1. The molecule has 3 heterocycles. The summed E-state index contributed by atoms with van der Waals surface area (Å²) >= 11 is 3.52. The number of anilines is 1. The molecule has 0 bridgehead atoms. The van der Waals surface area contributed by atoms with Crippen molar-refractivity contribution in [3.8, 4) is 6.07 Å². The van der Waals surface area contributed by atoms with E-state index < -0.39 is 0 Å². The third-order valence-electron chi connectivity index (χ3n) is 4.55. The number of rotatable bonds is 4. The molecule has 26 heavy (non-hydrogen) atoms. The Kier molecular flexibility index (Phi) is 4.85. The summed E-state index contributed by atoms with van der Waals surface area (Å²) in [7, 11) is 0. The highest BCUT2D eigenvalue weighted by Crippen LogP contribution is 2.39. The van der Waals surface area contributed by atoms with Crippen molar-refractivity contribution in [1.82, 2.24) is 4.90 Å². The van der Waals surface area contributed by atoms with Gasteiger partial charge in [-0.3, -0.25) is 9.69 Å². The van der Waals surface area contributed by atoms with Gasteiger partial charge in [-0.15, -0.1) is 22.7 Å². The Morgan fingerprint density at radius 3 is 2.88 bits per heavy atom. The minimum Gasteiger partial charge on any atom is -0.324 e. The number of nitrogens with one attached hydrogen (secondary N) is 1. The van der Waals surface area contributed by atoms with Crippen LogP contribution in [0.5, 0.6) is 0 Å². The van der Waals surface area contributed by atoms with Gasteiger partial charge in [-0.1, -0.05) is 18.2 Å². The Bertz CT molecular complexity index is 956. The number of hydrogen-bond donors (Lipinski definition) is 1. The van der Waals surface area contributed by atoms with Crippen LogP contribution in [0, 0.1) is 11.3 Å². The van der Waals surface area contributed by atoms with Crippen molar-refractivity contribution >= 4 is 34.3 Å². The Hall–Kier alpha value is -2.46. The van der Waals surface area contributed by atoms with Crippen molar-refractivity contribution < 1.29 is 4.79 Å². The number of thiophene rings is 2. The van der Waals surface area contributed by atoms with Crippen molar-refractivity contribution in [3.05, 3.63) is 74.1 Å². The molecule has 130 valence electrons. The van der Waals surface area contributed by atoms with E-state index in [1.807, 2.05) is 6.07 Å². The second-order valence-corrected chi connectivity index (χ2v) is 8.12. The van der Waals surface area contributed by atoms with E-state index in [9.17, 15) is 10.1 Å². The molecule has 1 unspecified atom stereocenters. The van der Waals surface area contributed by atoms with Crippen LogP contribution < -0.4 is 5.32 Å². The molecule has 1 aliphatic heterocycles. The summed E-state index contributed by atoms with van der Waals surface area (Å²) in [5, 5.41) is 16.3. The number of benzene rings is 1. The SMILES string of the molecule is N#Cc1ccccc1NC(=O)CN1CCc2sccc2C1c1cccs1. The highest BCUT2D eigenvalue weighted by Gasteiger charge is 2.31. The molecule has 0 saturated heterocycles. The zero-order chi connectivity index (χ0) is 17.9. The summed E-state index contributed by atoms with van der Waals surface area (Å²) in [6, 6.07) is 15.7. The lowest BCUT2D eigenvalue weighted by molar-refractivity contribution is -0.117. The molecule has 3 aromatic rings. The fourth-order valence-electron chi connectivity index (χ4n) is 3.38. The van der Waals surface area contributed by atoms with Gasteiger partial charge < -0.3 is 5.32 Å². The van der Waals surface area contributed by atoms with Gasteiger partial charge in [0, 0.05) is 16.3 Å². The minimum atomic E-state index is -0.0899. The smallest absolute Gasteiger partial charge is 0.238 e. The summed E-state index contributed by atoms with van der Waals surface area (Å²) in [6.45, 7) is 1.15. The summed E-state index contributed by atoms with van der Waals surface area (Å²) < 4.78 is 0. The summed E-state index contributed by atoms with van der Waals surface area (Å²) in [4.78, 5) is 17.6. The van der Waals surface area contributed by atoms with E-state index in [2.05, 4.69) is 45.2 Å². The Balaban J connectivity index is 1.55. The molecular formula is C20H17N3OS2. The second-order valence-electron chi connectivity index (χ2n) is 6.14. The molecule has 0 aliphatic carbocycles. The van der Waals surface area contributed by atoms with Gasteiger partial charge in [0.2, 0.25) is 5.91 Å². The topological polar surface area (TPSA) is 56.1 Å². The first-order valence-electron chi connectivity index (χ1n) is 8.39. The van der Waals surface area contributed by atoms with Crippen LogP contribution in [0.1, 0.15) is 26.9 Å². The van der Waals surface area contributed by atoms with Crippen LogP contribution in [-0.4, -0.2) is 23.9 Å². The molecule has 1 amide bonds. The summed E-state index contributed by atoms with van der Waals surface area (Å²) in [5.74, 6) is -0.0899. The van der Waals surface area contributed by atoms with Gasteiger partial charge in [-0.05, 0) is 47.0 Å². The lowest BCUT2D eigenvalue weighted by Crippen LogP contribution is -2.40. The zero-order valence-corrected chi connectivity index (χ0v) is 15.6. The average Bonchev–Trinajstić information content (AvgIpc) is 3.33. The van der Waals surface area contributed by atoms with E-state index >= 15 is 0 Å². The van der Waals surface area contributed by atoms with Crippen molar-refractivity contribution in [1.29, 1.82) is 5.26 Å². The van der Waals surface area contributed by atoms with Crippen LogP contribution >= 0.6 is 22.7 Å². The molecule has 0 fully saturated rings. The van der Waals surface area contributed by atoms with Crippen molar-refractivity contribution in [2.24, 2.45) is 0 Å². The fourth-order valence-corrected chi connectivity index (χ4v) is 5.16. The highest BCUT2D eigenvalue weighted by atomic mass is 32.1. The molecule has 1 atom stereocenters. The maximum absolute atomic E-state index is 12.7. The van der Waals surface area contributed by atoms with Crippen molar-refractivity contribution in [2.45, 2.75) is 12.5 Å². The normalized spacial score (nSPS) is 16.7. The highest BCUT2D eigenvalue weighted by molar-refractivity contribution is 7.10. The van der Waals surface area contributed by atoms with Crippen LogP contribution in [0.4, 0.5) is 5.69 Å². The lowest BCUT2D eigenvalue weighted by atomic mass is 9.98. The van der Waals surface area contributed by atoms with Crippen LogP contribution in [0.2, 0.25) is 0 Å². The van der Waals surface area contributed by atoms with Crippen molar-refractivity contribution in [2.75, 3.05) is 18.4 Å². The van der Waals surface area contributed by atoms with Gasteiger partial charge in [0.05, 0.1) is 23.8 Å². The van der Waals surface area contributed by atoms with Gasteiger partial charge >= 0.3 is 0 Å². The molecule has 2 aromatic heterocycles. The first-order valence-corrected chi connectivity index (χ1v) is 10.1. The summed E-state index contributed by atoms with van der Waals surface area (Å²) in [6.07, 6.45) is 0.969. The number of fused-ring (bicyclic) bond motifs is 1. The fraction of sp³-hybridized carbons (Fsp3) is 0.200. The maximum Gasteiger partial charge on any atom is 0.238 e. The third-order valence-corrected chi connectivity index (χ3v) is 6.47. The third kappa shape index (κ3) is 3.29. The monoisotopic (exact) mass is 379 g/mol. The molecule has 1 aliphatic rings. The van der Waals surface area contributed by atoms with E-state index in [0.717, 1.165) is 13.0 Å². The molecule has 4 rings (SSSR count). The molecular weight excluding hydrogens is 362 g/mol. The molecule has 1 aromatic carbocycles. The average molecular weight is 380 g/mol. The van der Waals surface area contributed by atoms with Gasteiger partial charge in [-0.2, -0.15) is 5.26 Å². The number of hydrogen-bond acceptors (Lipinski definition) is 5. The number of amides is 1. The Morgan fingerprint density at radius 1 is 1.19 bits per heavy atom. The van der Waals surface area contributed by atoms with E-state index in [1.165, 1.54) is 15.3 Å². The second kappa shape index (κ2) is 7.42. The Labute approximate surface area is 160 Å². The number of nitriles is 1. The molecule has 0 radical (unpaired) electrons. The summed E-state index contributed by atoms with van der Waals surface area (Å²) in [5.41, 5.74) is 2.37. The van der Waals surface area contributed by atoms with Gasteiger partial charge in [0.1, 0.15) is 6.07 Å². The quantitative estimate of drug-likeness (QED) is 0.737.